The van der Waals surface area contributed by atoms with E-state index in [9.17, 15) is 13.6 Å². The molecule has 1 aromatic heterocycles. The first-order valence-corrected chi connectivity index (χ1v) is 8.25. The Bertz CT molecular complexity index is 920. The van der Waals surface area contributed by atoms with Crippen molar-refractivity contribution in [1.29, 1.82) is 0 Å². The minimum Gasteiger partial charge on any atom is -0.492 e. The molecule has 0 aliphatic carbocycles. The Morgan fingerprint density at radius 2 is 1.93 bits per heavy atom. The molecule has 0 saturated heterocycles. The Balaban J connectivity index is 1.57. The quantitative estimate of drug-likeness (QED) is 0.643. The van der Waals surface area contributed by atoms with Gasteiger partial charge in [-0.3, -0.25) is 9.48 Å². The molecule has 5 nitrogen and oxygen atoms in total. The summed E-state index contributed by atoms with van der Waals surface area (Å²) in [5.74, 6) is -1.38. The molecule has 0 aliphatic heterocycles. The number of halogens is 2. The van der Waals surface area contributed by atoms with Crippen LogP contribution in [0.15, 0.2) is 67.0 Å². The van der Waals surface area contributed by atoms with E-state index in [0.717, 1.165) is 24.3 Å². The molecule has 0 bridgehead atoms. The monoisotopic (exact) mass is 369 g/mol. The lowest BCUT2D eigenvalue weighted by molar-refractivity contribution is -0.111. The third kappa shape index (κ3) is 5.24. The van der Waals surface area contributed by atoms with Gasteiger partial charge in [-0.1, -0.05) is 12.1 Å². The normalized spacial score (nSPS) is 10.9. The maximum Gasteiger partial charge on any atom is 0.248 e. The van der Waals surface area contributed by atoms with Crippen molar-refractivity contribution >= 4 is 17.7 Å². The zero-order valence-electron chi connectivity index (χ0n) is 14.3. The highest BCUT2D eigenvalue weighted by molar-refractivity contribution is 6.02. The van der Waals surface area contributed by atoms with Crippen LogP contribution < -0.4 is 10.1 Å². The minimum absolute atomic E-state index is 0.261. The summed E-state index contributed by atoms with van der Waals surface area (Å²) in [5.41, 5.74) is 0.249. The number of nitrogens with zero attached hydrogens (tertiary/aromatic N) is 2. The van der Waals surface area contributed by atoms with Gasteiger partial charge in [0.25, 0.3) is 0 Å². The second-order valence-corrected chi connectivity index (χ2v) is 5.60. The molecule has 0 radical (unpaired) electrons. The van der Waals surface area contributed by atoms with Crippen molar-refractivity contribution < 1.29 is 18.3 Å². The van der Waals surface area contributed by atoms with Gasteiger partial charge >= 0.3 is 0 Å². The lowest BCUT2D eigenvalue weighted by atomic mass is 10.2. The number of amides is 1. The number of benzene rings is 2. The molecule has 138 valence electrons. The fraction of sp³-hybridized carbons (Fsp3) is 0.100. The smallest absolute Gasteiger partial charge is 0.248 e. The van der Waals surface area contributed by atoms with E-state index < -0.39 is 17.5 Å². The third-order valence-corrected chi connectivity index (χ3v) is 3.65. The Morgan fingerprint density at radius 1 is 1.15 bits per heavy atom. The number of ether oxygens (including phenoxy) is 1. The molecule has 0 unspecified atom stereocenters. The lowest BCUT2D eigenvalue weighted by Crippen LogP contribution is -2.10. The number of carbonyl (C=O) groups is 1. The van der Waals surface area contributed by atoms with Crippen LogP contribution >= 0.6 is 0 Å². The molecule has 3 rings (SSSR count). The summed E-state index contributed by atoms with van der Waals surface area (Å²) in [4.78, 5) is 12.0. The summed E-state index contributed by atoms with van der Waals surface area (Å²) in [6.07, 6.45) is 5.71. The van der Waals surface area contributed by atoms with Crippen LogP contribution in [0.3, 0.4) is 0 Å². The second-order valence-electron chi connectivity index (χ2n) is 5.60. The van der Waals surface area contributed by atoms with E-state index in [1.807, 2.05) is 12.3 Å². The number of hydrogen-bond donors (Lipinski definition) is 1. The maximum absolute atomic E-state index is 13.6. The molecule has 0 atom stereocenters. The number of nitrogens with one attached hydrogen (secondary N) is 1. The van der Waals surface area contributed by atoms with Crippen LogP contribution in [0, 0.1) is 11.6 Å². The fourth-order valence-corrected chi connectivity index (χ4v) is 2.37. The van der Waals surface area contributed by atoms with Crippen molar-refractivity contribution in [2.45, 2.75) is 6.54 Å². The number of rotatable bonds is 7. The van der Waals surface area contributed by atoms with Crippen molar-refractivity contribution in [1.82, 2.24) is 9.78 Å². The molecule has 1 heterocycles. The van der Waals surface area contributed by atoms with E-state index in [4.69, 9.17) is 4.74 Å². The van der Waals surface area contributed by atoms with Crippen molar-refractivity contribution in [2.75, 3.05) is 11.9 Å². The van der Waals surface area contributed by atoms with Gasteiger partial charge in [-0.15, -0.1) is 0 Å². The van der Waals surface area contributed by atoms with Crippen molar-refractivity contribution in [2.24, 2.45) is 0 Å². The highest BCUT2D eigenvalue weighted by atomic mass is 19.1. The first-order chi connectivity index (χ1) is 13.1. The number of aromatic nitrogens is 2. The van der Waals surface area contributed by atoms with Crippen LogP contribution in [-0.2, 0) is 11.3 Å². The topological polar surface area (TPSA) is 56.1 Å². The minimum atomic E-state index is -0.730. The van der Waals surface area contributed by atoms with Crippen LogP contribution in [-0.4, -0.2) is 22.3 Å². The molecular weight excluding hydrogens is 352 g/mol. The van der Waals surface area contributed by atoms with Gasteiger partial charge in [0, 0.05) is 35.8 Å². The van der Waals surface area contributed by atoms with E-state index in [-0.39, 0.29) is 5.56 Å². The highest BCUT2D eigenvalue weighted by Crippen LogP contribution is 2.18. The number of carbonyl (C=O) groups excluding carboxylic acids is 1. The average molecular weight is 369 g/mol. The van der Waals surface area contributed by atoms with Crippen LogP contribution in [0.2, 0.25) is 0 Å². The molecule has 3 aromatic rings. The fourth-order valence-electron chi connectivity index (χ4n) is 2.37. The van der Waals surface area contributed by atoms with E-state index in [2.05, 4.69) is 10.4 Å². The molecule has 7 heteroatoms. The largest absolute Gasteiger partial charge is 0.492 e. The second kappa shape index (κ2) is 8.75. The molecule has 1 N–H and O–H groups in total. The van der Waals surface area contributed by atoms with Crippen molar-refractivity contribution in [3.05, 3.63) is 84.2 Å². The summed E-state index contributed by atoms with van der Waals surface area (Å²) in [6, 6.07) is 12.2. The van der Waals surface area contributed by atoms with E-state index in [1.54, 1.807) is 35.1 Å². The van der Waals surface area contributed by atoms with Crippen LogP contribution in [0.1, 0.15) is 5.56 Å². The summed E-state index contributed by atoms with van der Waals surface area (Å²) < 4.78 is 34.5. The molecule has 0 fully saturated rings. The first kappa shape index (κ1) is 18.3. The predicted octanol–water partition coefficient (Wildman–Crippen LogP) is 3.89. The van der Waals surface area contributed by atoms with Gasteiger partial charge < -0.3 is 10.1 Å². The third-order valence-electron chi connectivity index (χ3n) is 3.65. The molecule has 27 heavy (non-hydrogen) atoms. The SMILES string of the molecule is O=C(/C=C/c1c(F)cccc1F)Nc1cccc(OCCn2cccn2)c1. The van der Waals surface area contributed by atoms with Crippen LogP contribution in [0.4, 0.5) is 14.5 Å². The number of anilines is 1. The molecule has 0 spiro atoms. The molecular formula is C20H17F2N3O2. The lowest BCUT2D eigenvalue weighted by Gasteiger charge is -2.08. The average Bonchev–Trinajstić information content (AvgIpc) is 3.15. The van der Waals surface area contributed by atoms with Gasteiger partial charge in [0.1, 0.15) is 24.0 Å². The molecule has 2 aromatic carbocycles. The van der Waals surface area contributed by atoms with E-state index in [1.165, 1.54) is 6.07 Å². The Labute approximate surface area is 154 Å². The van der Waals surface area contributed by atoms with Crippen molar-refractivity contribution in [3.63, 3.8) is 0 Å². The van der Waals surface area contributed by atoms with Gasteiger partial charge in [0.15, 0.2) is 0 Å². The summed E-state index contributed by atoms with van der Waals surface area (Å²) >= 11 is 0. The summed E-state index contributed by atoms with van der Waals surface area (Å²) in [6.45, 7) is 1.02. The Hall–Kier alpha value is -3.48. The Kier molecular flexibility index (Phi) is 5.94. The summed E-state index contributed by atoms with van der Waals surface area (Å²) in [5, 5.41) is 6.71. The standard InChI is InChI=1S/C20H17F2N3O2/c21-18-6-2-7-19(22)17(18)8-9-20(26)24-15-4-1-5-16(14-15)27-13-12-25-11-3-10-23-25/h1-11,14H,12-13H2,(H,24,26)/b9-8+. The molecule has 0 aliphatic rings. The van der Waals surface area contributed by atoms with Crippen LogP contribution in [0.25, 0.3) is 6.08 Å². The van der Waals surface area contributed by atoms with Gasteiger partial charge in [-0.25, -0.2) is 8.78 Å². The van der Waals surface area contributed by atoms with Gasteiger partial charge in [-0.2, -0.15) is 5.10 Å². The molecule has 1 amide bonds. The van der Waals surface area contributed by atoms with Gasteiger partial charge in [0.05, 0.1) is 6.54 Å². The van der Waals surface area contributed by atoms with Gasteiger partial charge in [0.2, 0.25) is 5.91 Å². The highest BCUT2D eigenvalue weighted by Gasteiger charge is 2.06. The molecule has 0 saturated carbocycles. The first-order valence-electron chi connectivity index (χ1n) is 8.25. The maximum atomic E-state index is 13.6. The van der Waals surface area contributed by atoms with Gasteiger partial charge in [-0.05, 0) is 36.4 Å². The van der Waals surface area contributed by atoms with E-state index >= 15 is 0 Å². The Morgan fingerprint density at radius 3 is 2.67 bits per heavy atom. The number of hydrogen-bond acceptors (Lipinski definition) is 3. The summed E-state index contributed by atoms with van der Waals surface area (Å²) in [7, 11) is 0. The van der Waals surface area contributed by atoms with Crippen LogP contribution in [0.5, 0.6) is 5.75 Å². The zero-order chi connectivity index (χ0) is 19.1. The predicted molar refractivity (Wildman–Crippen MR) is 98.2 cm³/mol. The zero-order valence-corrected chi connectivity index (χ0v) is 14.3. The van der Waals surface area contributed by atoms with Crippen molar-refractivity contribution in [3.8, 4) is 5.75 Å². The van der Waals surface area contributed by atoms with E-state index in [0.29, 0.717) is 24.6 Å².